The highest BCUT2D eigenvalue weighted by Gasteiger charge is 2.20. The van der Waals surface area contributed by atoms with E-state index in [4.69, 9.17) is 15.2 Å². The molecule has 0 aliphatic rings. The van der Waals surface area contributed by atoms with Crippen LogP contribution in [-0.4, -0.2) is 24.4 Å². The number of nitrogens with zero attached hydrogens (tertiary/aromatic N) is 2. The van der Waals surface area contributed by atoms with Crippen LogP contribution >= 0.6 is 0 Å². The first-order chi connectivity index (χ1) is 8.27. The minimum atomic E-state index is -0.515. The van der Waals surface area contributed by atoms with Gasteiger partial charge in [-0.25, -0.2) is 0 Å². The summed E-state index contributed by atoms with van der Waals surface area (Å²) in [5.41, 5.74) is 6.78. The van der Waals surface area contributed by atoms with Crippen molar-refractivity contribution in [2.75, 3.05) is 14.2 Å². The first kappa shape index (κ1) is 11.4. The highest BCUT2D eigenvalue weighted by Crippen LogP contribution is 2.35. The summed E-state index contributed by atoms with van der Waals surface area (Å²) in [5.74, 6) is 1.59. The highest BCUT2D eigenvalue weighted by atomic mass is 16.5. The average Bonchev–Trinajstić information content (AvgIpc) is 2.90. The molecule has 1 heterocycles. The second-order valence-electron chi connectivity index (χ2n) is 3.35. The van der Waals surface area contributed by atoms with Gasteiger partial charge in [0.15, 0.2) is 17.3 Å². The molecule has 1 aromatic heterocycles. The molecular weight excluding hydrogens is 222 g/mol. The second kappa shape index (κ2) is 4.84. The molecule has 0 fully saturated rings. The summed E-state index contributed by atoms with van der Waals surface area (Å²) in [7, 11) is 3.13. The molecular formula is C11H13N3O3. The lowest BCUT2D eigenvalue weighted by molar-refractivity contribution is 0.349. The molecule has 2 aromatic rings. The van der Waals surface area contributed by atoms with E-state index in [2.05, 4.69) is 14.7 Å². The van der Waals surface area contributed by atoms with Crippen molar-refractivity contribution in [3.05, 3.63) is 36.0 Å². The Balaban J connectivity index is 2.44. The molecule has 2 rings (SSSR count). The molecule has 1 aromatic carbocycles. The molecule has 0 spiro atoms. The number of methoxy groups -OCH3 is 2. The molecule has 6 nitrogen and oxygen atoms in total. The van der Waals surface area contributed by atoms with E-state index in [1.54, 1.807) is 20.3 Å². The molecule has 0 aliphatic carbocycles. The van der Waals surface area contributed by atoms with Crippen LogP contribution in [0.25, 0.3) is 0 Å². The van der Waals surface area contributed by atoms with Gasteiger partial charge in [-0.1, -0.05) is 17.3 Å². The van der Waals surface area contributed by atoms with Crippen molar-refractivity contribution in [2.24, 2.45) is 5.73 Å². The van der Waals surface area contributed by atoms with Crippen LogP contribution in [0.3, 0.4) is 0 Å². The number of hydrogen-bond donors (Lipinski definition) is 1. The zero-order valence-electron chi connectivity index (χ0n) is 9.58. The van der Waals surface area contributed by atoms with Gasteiger partial charge in [-0.2, -0.15) is 4.98 Å². The van der Waals surface area contributed by atoms with Gasteiger partial charge in [0.2, 0.25) is 6.39 Å². The smallest absolute Gasteiger partial charge is 0.213 e. The number of ether oxygens (including phenoxy) is 2. The van der Waals surface area contributed by atoms with Crippen molar-refractivity contribution >= 4 is 0 Å². The maximum atomic E-state index is 6.04. The third-order valence-electron chi connectivity index (χ3n) is 2.42. The monoisotopic (exact) mass is 235 g/mol. The maximum absolute atomic E-state index is 6.04. The Bertz CT molecular complexity index is 485. The lowest BCUT2D eigenvalue weighted by Crippen LogP contribution is -2.15. The third kappa shape index (κ3) is 2.07. The molecule has 2 N–H and O–H groups in total. The zero-order valence-corrected chi connectivity index (χ0v) is 9.58. The number of rotatable bonds is 4. The van der Waals surface area contributed by atoms with Crippen LogP contribution in [-0.2, 0) is 0 Å². The number of benzene rings is 1. The summed E-state index contributed by atoms with van der Waals surface area (Å²) >= 11 is 0. The summed E-state index contributed by atoms with van der Waals surface area (Å²) in [6.07, 6.45) is 1.24. The Kier molecular flexibility index (Phi) is 3.24. The molecule has 0 amide bonds. The highest BCUT2D eigenvalue weighted by molar-refractivity contribution is 5.49. The molecule has 17 heavy (non-hydrogen) atoms. The van der Waals surface area contributed by atoms with Crippen molar-refractivity contribution < 1.29 is 14.0 Å². The Morgan fingerprint density at radius 3 is 2.71 bits per heavy atom. The fourth-order valence-electron chi connectivity index (χ4n) is 1.61. The van der Waals surface area contributed by atoms with E-state index in [-0.39, 0.29) is 0 Å². The van der Waals surface area contributed by atoms with E-state index in [9.17, 15) is 0 Å². The number of hydrogen-bond acceptors (Lipinski definition) is 6. The summed E-state index contributed by atoms with van der Waals surface area (Å²) in [6.45, 7) is 0. The van der Waals surface area contributed by atoms with Gasteiger partial charge in [0.1, 0.15) is 0 Å². The van der Waals surface area contributed by atoms with Gasteiger partial charge in [-0.05, 0) is 6.07 Å². The Labute approximate surface area is 98.3 Å². The van der Waals surface area contributed by atoms with Gasteiger partial charge >= 0.3 is 0 Å². The largest absolute Gasteiger partial charge is 0.493 e. The molecule has 90 valence electrons. The van der Waals surface area contributed by atoms with Crippen LogP contribution in [0.5, 0.6) is 11.5 Å². The molecule has 0 bridgehead atoms. The summed E-state index contributed by atoms with van der Waals surface area (Å²) in [6, 6.07) is 4.95. The zero-order chi connectivity index (χ0) is 12.3. The van der Waals surface area contributed by atoms with Gasteiger partial charge in [-0.15, -0.1) is 0 Å². The minimum absolute atomic E-state index is 0.400. The minimum Gasteiger partial charge on any atom is -0.493 e. The third-order valence-corrected chi connectivity index (χ3v) is 2.42. The van der Waals surface area contributed by atoms with Crippen LogP contribution in [0, 0.1) is 0 Å². The predicted molar refractivity (Wildman–Crippen MR) is 59.9 cm³/mol. The van der Waals surface area contributed by atoms with E-state index in [0.29, 0.717) is 17.3 Å². The lowest BCUT2D eigenvalue weighted by atomic mass is 10.1. The fourth-order valence-corrected chi connectivity index (χ4v) is 1.61. The molecule has 6 heteroatoms. The standard InChI is InChI=1S/C11H13N3O3/c1-15-8-5-3-4-7(10(8)16-2)9(12)11-13-6-17-14-11/h3-6,9H,12H2,1-2H3. The van der Waals surface area contributed by atoms with Crippen molar-refractivity contribution in [2.45, 2.75) is 6.04 Å². The molecule has 0 radical (unpaired) electrons. The van der Waals surface area contributed by atoms with E-state index in [1.807, 2.05) is 12.1 Å². The van der Waals surface area contributed by atoms with Gasteiger partial charge in [0, 0.05) is 5.56 Å². The normalized spacial score (nSPS) is 12.2. The Hall–Kier alpha value is -2.08. The number of para-hydroxylation sites is 1. The van der Waals surface area contributed by atoms with E-state index in [1.165, 1.54) is 6.39 Å². The van der Waals surface area contributed by atoms with Gasteiger partial charge < -0.3 is 19.7 Å². The van der Waals surface area contributed by atoms with Gasteiger partial charge in [0.25, 0.3) is 0 Å². The Morgan fingerprint density at radius 1 is 1.29 bits per heavy atom. The van der Waals surface area contributed by atoms with Crippen LogP contribution in [0.1, 0.15) is 17.4 Å². The van der Waals surface area contributed by atoms with Crippen molar-refractivity contribution in [3.63, 3.8) is 0 Å². The molecule has 0 saturated carbocycles. The van der Waals surface area contributed by atoms with E-state index >= 15 is 0 Å². The first-order valence-corrected chi connectivity index (χ1v) is 5.00. The summed E-state index contributed by atoms with van der Waals surface area (Å²) in [5, 5.41) is 3.72. The summed E-state index contributed by atoms with van der Waals surface area (Å²) in [4.78, 5) is 3.92. The average molecular weight is 235 g/mol. The van der Waals surface area contributed by atoms with Crippen molar-refractivity contribution in [1.82, 2.24) is 10.1 Å². The molecule has 0 aliphatic heterocycles. The van der Waals surface area contributed by atoms with E-state index < -0.39 is 6.04 Å². The van der Waals surface area contributed by atoms with Crippen LogP contribution in [0.2, 0.25) is 0 Å². The van der Waals surface area contributed by atoms with Crippen LogP contribution in [0.15, 0.2) is 29.1 Å². The fraction of sp³-hybridized carbons (Fsp3) is 0.273. The lowest BCUT2D eigenvalue weighted by Gasteiger charge is -2.15. The van der Waals surface area contributed by atoms with Crippen LogP contribution in [0.4, 0.5) is 0 Å². The van der Waals surface area contributed by atoms with Crippen LogP contribution < -0.4 is 15.2 Å². The summed E-state index contributed by atoms with van der Waals surface area (Å²) < 4.78 is 15.2. The topological polar surface area (TPSA) is 83.4 Å². The van der Waals surface area contributed by atoms with Crippen molar-refractivity contribution in [3.8, 4) is 11.5 Å². The molecule has 0 saturated heterocycles. The maximum Gasteiger partial charge on any atom is 0.213 e. The molecule has 1 atom stereocenters. The SMILES string of the molecule is COc1cccc(C(N)c2ncon2)c1OC. The van der Waals surface area contributed by atoms with Gasteiger partial charge in [0.05, 0.1) is 20.3 Å². The molecule has 1 unspecified atom stereocenters. The van der Waals surface area contributed by atoms with Gasteiger partial charge in [-0.3, -0.25) is 0 Å². The second-order valence-corrected chi connectivity index (χ2v) is 3.35. The Morgan fingerprint density at radius 2 is 2.12 bits per heavy atom. The quantitative estimate of drug-likeness (QED) is 0.855. The number of aromatic nitrogens is 2. The van der Waals surface area contributed by atoms with Crippen molar-refractivity contribution in [1.29, 1.82) is 0 Å². The predicted octanol–water partition coefficient (Wildman–Crippen LogP) is 1.13. The van der Waals surface area contributed by atoms with E-state index in [0.717, 1.165) is 5.56 Å². The first-order valence-electron chi connectivity index (χ1n) is 5.00. The number of nitrogens with two attached hydrogens (primary N) is 1.